The van der Waals surface area contributed by atoms with Crippen LogP contribution in [0.1, 0.15) is 75.0 Å². The third kappa shape index (κ3) is 7.85. The van der Waals surface area contributed by atoms with E-state index >= 15 is 0 Å². The molecule has 3 aromatic rings. The highest BCUT2D eigenvalue weighted by Crippen LogP contribution is 2.54. The van der Waals surface area contributed by atoms with Gasteiger partial charge in [-0.05, 0) is 37.5 Å². The molecule has 0 amide bonds. The Hall–Kier alpha value is -4.63. The number of benzene rings is 3. The van der Waals surface area contributed by atoms with Gasteiger partial charge in [0, 0.05) is 53.1 Å². The quantitative estimate of drug-likeness (QED) is 0.0934. The summed E-state index contributed by atoms with van der Waals surface area (Å²) in [4.78, 5) is 32.0. The number of aliphatic hydroxyl groups is 3. The van der Waals surface area contributed by atoms with Crippen molar-refractivity contribution in [1.29, 1.82) is 0 Å². The van der Waals surface area contributed by atoms with Crippen LogP contribution >= 0.6 is 7.82 Å². The topological polar surface area (TPSA) is 235 Å². The minimum Gasteiger partial charge on any atom is -0.388 e. The van der Waals surface area contributed by atoms with E-state index in [9.17, 15) is 50.2 Å². The minimum absolute atomic E-state index is 0.0634. The second-order valence-electron chi connectivity index (χ2n) is 9.43. The number of rotatable bonds is 15. The maximum absolute atomic E-state index is 14.5. The third-order valence-corrected chi connectivity index (χ3v) is 7.74. The van der Waals surface area contributed by atoms with Crippen LogP contribution in [0.15, 0.2) is 54.6 Å². The van der Waals surface area contributed by atoms with Gasteiger partial charge in [0.2, 0.25) is 0 Å². The van der Waals surface area contributed by atoms with Crippen LogP contribution in [0.4, 0.5) is 17.1 Å². The van der Waals surface area contributed by atoms with Gasteiger partial charge in [-0.1, -0.05) is 20.8 Å². The smallest absolute Gasteiger partial charge is 0.388 e. The SMILES string of the molecule is CCC(O)c1cc([N+](=O)[O-])ccc1OP(=O)(Oc1ccc([N+](=O)[O-])cc1C(O)CC)Oc1ccc([N+](=O)[O-])cc1C(O)CC. The lowest BCUT2D eigenvalue weighted by atomic mass is 10.1. The number of phosphoric acid groups is 1. The van der Waals surface area contributed by atoms with Crippen molar-refractivity contribution < 1.29 is 48.2 Å². The van der Waals surface area contributed by atoms with E-state index in [1.54, 1.807) is 20.8 Å². The molecule has 3 rings (SSSR count). The maximum Gasteiger partial charge on any atom is 0.647 e. The molecule has 0 aliphatic carbocycles. The lowest BCUT2D eigenvalue weighted by molar-refractivity contribution is -0.385. The highest BCUT2D eigenvalue weighted by Gasteiger charge is 2.38. The zero-order valence-corrected chi connectivity index (χ0v) is 24.7. The van der Waals surface area contributed by atoms with Gasteiger partial charge in [-0.3, -0.25) is 30.3 Å². The van der Waals surface area contributed by atoms with Gasteiger partial charge in [-0.2, -0.15) is 4.57 Å². The van der Waals surface area contributed by atoms with E-state index in [1.165, 1.54) is 0 Å². The van der Waals surface area contributed by atoms with Gasteiger partial charge in [0.25, 0.3) is 17.1 Å². The molecule has 0 aromatic heterocycles. The molecule has 16 nitrogen and oxygen atoms in total. The number of hydrogen-bond donors (Lipinski definition) is 3. The van der Waals surface area contributed by atoms with Crippen LogP contribution in [0.3, 0.4) is 0 Å². The molecule has 0 aliphatic heterocycles. The first kappa shape index (κ1) is 33.9. The Bertz CT molecular complexity index is 1410. The standard InChI is InChI=1S/C27H30N3O13P/c1-4-22(31)19-13-16(28(34)35)7-10-25(19)41-44(40,42-26-11-8-17(29(36)37)14-20(26)23(32)5-2)43-27-12-9-18(30(38)39)15-21(27)24(33)6-3/h7-15,22-24,31-33H,4-6H2,1-3H3. The molecule has 236 valence electrons. The Morgan fingerprint density at radius 2 is 0.841 bits per heavy atom. The summed E-state index contributed by atoms with van der Waals surface area (Å²) in [7, 11) is -5.08. The second-order valence-corrected chi connectivity index (χ2v) is 10.9. The molecule has 0 spiro atoms. The fourth-order valence-electron chi connectivity index (χ4n) is 4.06. The summed E-state index contributed by atoms with van der Waals surface area (Å²) in [5, 5.41) is 65.9. The van der Waals surface area contributed by atoms with Crippen LogP contribution in [0, 0.1) is 30.3 Å². The number of nitrogens with zero attached hydrogens (tertiary/aromatic N) is 3. The van der Waals surface area contributed by atoms with E-state index in [2.05, 4.69) is 0 Å². The number of hydrogen-bond acceptors (Lipinski definition) is 13. The molecule has 0 aliphatic rings. The summed E-state index contributed by atoms with van der Waals surface area (Å²) >= 11 is 0. The first-order chi connectivity index (χ1) is 20.7. The van der Waals surface area contributed by atoms with Gasteiger partial charge >= 0.3 is 7.82 Å². The molecular formula is C27H30N3O13P. The van der Waals surface area contributed by atoms with E-state index in [1.807, 2.05) is 0 Å². The van der Waals surface area contributed by atoms with Crippen LogP contribution in [-0.2, 0) is 4.57 Å². The van der Waals surface area contributed by atoms with Crippen LogP contribution in [0.5, 0.6) is 17.2 Å². The van der Waals surface area contributed by atoms with Crippen molar-refractivity contribution in [2.24, 2.45) is 0 Å². The Labute approximate surface area is 250 Å². The highest BCUT2D eigenvalue weighted by molar-refractivity contribution is 7.49. The maximum atomic E-state index is 14.5. The molecule has 0 saturated carbocycles. The molecule has 44 heavy (non-hydrogen) atoms. The number of non-ortho nitro benzene ring substituents is 3. The highest BCUT2D eigenvalue weighted by atomic mass is 31.2. The van der Waals surface area contributed by atoms with Gasteiger partial charge in [-0.15, -0.1) is 0 Å². The molecule has 3 unspecified atom stereocenters. The fourth-order valence-corrected chi connectivity index (χ4v) is 5.39. The Kier molecular flexibility index (Phi) is 11.0. The Morgan fingerprint density at radius 3 is 1.05 bits per heavy atom. The molecule has 0 bridgehead atoms. The number of phosphoric ester groups is 1. The van der Waals surface area contributed by atoms with Crippen molar-refractivity contribution in [3.8, 4) is 17.2 Å². The Morgan fingerprint density at radius 1 is 0.591 bits per heavy atom. The largest absolute Gasteiger partial charge is 0.647 e. The summed E-state index contributed by atoms with van der Waals surface area (Å²) in [5.74, 6) is -1.06. The van der Waals surface area contributed by atoms with E-state index < -0.39 is 58.0 Å². The molecule has 0 heterocycles. The van der Waals surface area contributed by atoms with Crippen LogP contribution in [0.25, 0.3) is 0 Å². The monoisotopic (exact) mass is 635 g/mol. The lowest BCUT2D eigenvalue weighted by Crippen LogP contribution is -2.13. The predicted molar refractivity (Wildman–Crippen MR) is 155 cm³/mol. The molecule has 0 radical (unpaired) electrons. The summed E-state index contributed by atoms with van der Waals surface area (Å²) < 4.78 is 31.5. The van der Waals surface area contributed by atoms with Crippen molar-refractivity contribution in [2.45, 2.75) is 58.3 Å². The van der Waals surface area contributed by atoms with Crippen molar-refractivity contribution in [3.63, 3.8) is 0 Å². The van der Waals surface area contributed by atoms with E-state index in [-0.39, 0.29) is 53.2 Å². The van der Waals surface area contributed by atoms with E-state index in [0.717, 1.165) is 54.6 Å². The zero-order chi connectivity index (χ0) is 32.8. The van der Waals surface area contributed by atoms with Crippen molar-refractivity contribution in [1.82, 2.24) is 0 Å². The Balaban J connectivity index is 2.24. The molecule has 0 saturated heterocycles. The second kappa shape index (κ2) is 14.2. The molecule has 3 N–H and O–H groups in total. The summed E-state index contributed by atoms with van der Waals surface area (Å²) in [5.41, 5.74) is -1.69. The van der Waals surface area contributed by atoms with Gasteiger partial charge in [-0.25, -0.2) is 0 Å². The molecule has 17 heteroatoms. The van der Waals surface area contributed by atoms with E-state index in [0.29, 0.717) is 0 Å². The van der Waals surface area contributed by atoms with Gasteiger partial charge in [0.05, 0.1) is 33.1 Å². The molecule has 3 atom stereocenters. The number of nitro groups is 3. The average Bonchev–Trinajstić information content (AvgIpc) is 2.99. The zero-order valence-electron chi connectivity index (χ0n) is 23.8. The first-order valence-electron chi connectivity index (χ1n) is 13.3. The van der Waals surface area contributed by atoms with Gasteiger partial charge in [0.15, 0.2) is 0 Å². The van der Waals surface area contributed by atoms with Gasteiger partial charge < -0.3 is 28.9 Å². The fraction of sp³-hybridized carbons (Fsp3) is 0.333. The molecular weight excluding hydrogens is 605 g/mol. The van der Waals surface area contributed by atoms with Crippen molar-refractivity contribution in [3.05, 3.63) is 102 Å². The van der Waals surface area contributed by atoms with Crippen LogP contribution in [-0.4, -0.2) is 30.1 Å². The summed E-state index contributed by atoms with van der Waals surface area (Å²) in [6, 6.07) is 9.23. The predicted octanol–water partition coefficient (Wildman–Crippen LogP) is 6.39. The third-order valence-electron chi connectivity index (χ3n) is 6.48. The summed E-state index contributed by atoms with van der Waals surface area (Å²) in [6.07, 6.45) is -3.79. The molecule has 0 fully saturated rings. The summed E-state index contributed by atoms with van der Waals surface area (Å²) in [6.45, 7) is 4.72. The van der Waals surface area contributed by atoms with Gasteiger partial charge in [0.1, 0.15) is 17.2 Å². The van der Waals surface area contributed by atoms with Crippen molar-refractivity contribution in [2.75, 3.05) is 0 Å². The van der Waals surface area contributed by atoms with Crippen LogP contribution < -0.4 is 13.6 Å². The number of aliphatic hydroxyl groups excluding tert-OH is 3. The first-order valence-corrected chi connectivity index (χ1v) is 14.8. The van der Waals surface area contributed by atoms with E-state index in [4.69, 9.17) is 13.6 Å². The lowest BCUT2D eigenvalue weighted by Gasteiger charge is -2.24. The van der Waals surface area contributed by atoms with Crippen LogP contribution in [0.2, 0.25) is 0 Å². The molecule has 3 aromatic carbocycles. The minimum atomic E-state index is -5.08. The van der Waals surface area contributed by atoms with Crippen molar-refractivity contribution >= 4 is 24.9 Å². The number of nitro benzene ring substituents is 3. The average molecular weight is 636 g/mol. The normalized spacial score (nSPS) is 14.5.